The van der Waals surface area contributed by atoms with Gasteiger partial charge in [0.2, 0.25) is 11.9 Å². The number of carbonyl (C=O) groups excluding carboxylic acids is 2. The number of ether oxygens (including phenoxy) is 1. The smallest absolute Gasteiger partial charge is 0.444 e. The molecule has 0 bridgehead atoms. The predicted octanol–water partition coefficient (Wildman–Crippen LogP) is 2.09. The fourth-order valence-electron chi connectivity index (χ4n) is 3.87. The Balaban J connectivity index is 1.53. The van der Waals surface area contributed by atoms with E-state index >= 15 is 0 Å². The van der Waals surface area contributed by atoms with Crippen LogP contribution < -0.4 is 16.1 Å². The first-order valence-electron chi connectivity index (χ1n) is 11.9. The normalized spacial score (nSPS) is 22.4. The summed E-state index contributed by atoms with van der Waals surface area (Å²) in [5.41, 5.74) is -0.723. The molecule has 2 saturated heterocycles. The number of likely N-dealkylation sites (tertiary alicyclic amines) is 1. The minimum absolute atomic E-state index is 0.0123. The van der Waals surface area contributed by atoms with Crippen LogP contribution in [0, 0.1) is 0 Å². The van der Waals surface area contributed by atoms with E-state index in [1.54, 1.807) is 45.0 Å². The van der Waals surface area contributed by atoms with Crippen molar-refractivity contribution in [3.63, 3.8) is 0 Å². The zero-order valence-electron chi connectivity index (χ0n) is 21.6. The van der Waals surface area contributed by atoms with Crippen molar-refractivity contribution in [1.82, 2.24) is 20.2 Å². The number of anilines is 1. The maximum absolute atomic E-state index is 12.9. The Kier molecular flexibility index (Phi) is 7.47. The molecular formula is C23H38BN5O5. The van der Waals surface area contributed by atoms with Crippen LogP contribution in [0.1, 0.15) is 68.2 Å². The fourth-order valence-corrected chi connectivity index (χ4v) is 3.87. The Hall–Kier alpha value is -2.40. The molecule has 11 heteroatoms. The van der Waals surface area contributed by atoms with Gasteiger partial charge in [0, 0.05) is 37.0 Å². The van der Waals surface area contributed by atoms with Gasteiger partial charge < -0.3 is 29.6 Å². The average Bonchev–Trinajstić information content (AvgIpc) is 3.26. The quantitative estimate of drug-likeness (QED) is 0.602. The molecule has 2 amide bonds. The minimum Gasteiger partial charge on any atom is -0.444 e. The fraction of sp³-hybridized carbons (Fsp3) is 0.739. The highest BCUT2D eigenvalue weighted by atomic mass is 16.7. The van der Waals surface area contributed by atoms with Crippen molar-refractivity contribution in [2.75, 3.05) is 18.4 Å². The van der Waals surface area contributed by atoms with Gasteiger partial charge in [0.25, 0.3) is 0 Å². The van der Waals surface area contributed by atoms with Crippen molar-refractivity contribution in [2.24, 2.45) is 0 Å². The molecule has 2 aliphatic rings. The number of hydrogen-bond acceptors (Lipinski definition) is 8. The zero-order chi connectivity index (χ0) is 25.3. The van der Waals surface area contributed by atoms with Crippen molar-refractivity contribution >= 4 is 30.5 Å². The second-order valence-electron chi connectivity index (χ2n) is 11.0. The molecule has 0 aliphatic carbocycles. The van der Waals surface area contributed by atoms with E-state index < -0.39 is 36.1 Å². The van der Waals surface area contributed by atoms with Crippen LogP contribution in [0.2, 0.25) is 0 Å². The van der Waals surface area contributed by atoms with Crippen molar-refractivity contribution in [3.05, 3.63) is 12.4 Å². The molecular weight excluding hydrogens is 437 g/mol. The van der Waals surface area contributed by atoms with Gasteiger partial charge in [-0.25, -0.2) is 14.8 Å². The number of amides is 2. The molecule has 3 rings (SSSR count). The highest BCUT2D eigenvalue weighted by Gasteiger charge is 2.52. The highest BCUT2D eigenvalue weighted by molar-refractivity contribution is 6.61. The summed E-state index contributed by atoms with van der Waals surface area (Å²) in [7, 11) is -0.513. The molecule has 1 aromatic heterocycles. The van der Waals surface area contributed by atoms with Gasteiger partial charge in [-0.15, -0.1) is 0 Å². The van der Waals surface area contributed by atoms with Crippen LogP contribution >= 0.6 is 0 Å². The van der Waals surface area contributed by atoms with Gasteiger partial charge in [-0.1, -0.05) is 0 Å². The van der Waals surface area contributed by atoms with Gasteiger partial charge in [0.05, 0.1) is 11.2 Å². The van der Waals surface area contributed by atoms with Crippen LogP contribution in [-0.4, -0.2) is 76.0 Å². The maximum atomic E-state index is 12.9. The first-order valence-corrected chi connectivity index (χ1v) is 11.9. The molecule has 0 unspecified atom stereocenters. The minimum atomic E-state index is -0.675. The summed E-state index contributed by atoms with van der Waals surface area (Å²) in [6.45, 7) is 16.2. The lowest BCUT2D eigenvalue weighted by molar-refractivity contribution is -0.133. The van der Waals surface area contributed by atoms with Gasteiger partial charge in [0.15, 0.2) is 0 Å². The third-order valence-electron chi connectivity index (χ3n) is 6.46. The van der Waals surface area contributed by atoms with Gasteiger partial charge in [-0.3, -0.25) is 4.79 Å². The third-order valence-corrected chi connectivity index (χ3v) is 6.46. The molecule has 10 nitrogen and oxygen atoms in total. The molecule has 0 radical (unpaired) electrons. The number of nitrogens with zero attached hydrogens (tertiary/aromatic N) is 3. The molecule has 2 atom stereocenters. The summed E-state index contributed by atoms with van der Waals surface area (Å²) in [6, 6.07) is -0.687. The summed E-state index contributed by atoms with van der Waals surface area (Å²) in [5, 5.41) is 5.85. The van der Waals surface area contributed by atoms with E-state index in [1.165, 1.54) is 0 Å². The van der Waals surface area contributed by atoms with Crippen LogP contribution in [0.5, 0.6) is 0 Å². The van der Waals surface area contributed by atoms with E-state index in [0.717, 1.165) is 18.3 Å². The summed E-state index contributed by atoms with van der Waals surface area (Å²) >= 11 is 0. The average molecular weight is 475 g/mol. The van der Waals surface area contributed by atoms with E-state index in [0.29, 0.717) is 19.0 Å². The summed E-state index contributed by atoms with van der Waals surface area (Å²) < 4.78 is 17.3. The van der Waals surface area contributed by atoms with Crippen molar-refractivity contribution in [2.45, 2.75) is 97.1 Å². The van der Waals surface area contributed by atoms with Gasteiger partial charge >= 0.3 is 13.2 Å². The summed E-state index contributed by atoms with van der Waals surface area (Å²) in [6.07, 6.45) is 4.56. The summed E-state index contributed by atoms with van der Waals surface area (Å²) in [5.74, 6) is 0.340. The standard InChI is InChI=1S/C23H38BN5O5/c1-15(28-20(31)32-21(2,3)4)18(30)29-11-9-10-17(29)14-27-19-25-12-16(13-26-19)24-33-22(5,6)23(7,8)34-24/h12-13,15,17H,9-11,14H2,1-8H3,(H,28,31)(H,25,26,27)/t15-,17+/m0/s1. The Morgan fingerprint density at radius 1 is 1.21 bits per heavy atom. The van der Waals surface area contributed by atoms with Crippen LogP contribution in [0.15, 0.2) is 12.4 Å². The van der Waals surface area contributed by atoms with Crippen molar-refractivity contribution in [3.8, 4) is 0 Å². The first-order chi connectivity index (χ1) is 15.7. The van der Waals surface area contributed by atoms with Crippen LogP contribution in [0.3, 0.4) is 0 Å². The lowest BCUT2D eigenvalue weighted by atomic mass is 9.81. The number of hydrogen-bond donors (Lipinski definition) is 2. The molecule has 2 N–H and O–H groups in total. The molecule has 0 aromatic carbocycles. The van der Waals surface area contributed by atoms with Crippen LogP contribution in [0.4, 0.5) is 10.7 Å². The number of aromatic nitrogens is 2. The zero-order valence-corrected chi connectivity index (χ0v) is 21.6. The van der Waals surface area contributed by atoms with E-state index in [2.05, 4.69) is 20.6 Å². The topological polar surface area (TPSA) is 115 Å². The van der Waals surface area contributed by atoms with Crippen molar-refractivity contribution < 1.29 is 23.6 Å². The molecule has 0 saturated carbocycles. The third kappa shape index (κ3) is 6.18. The second-order valence-corrected chi connectivity index (χ2v) is 11.0. The molecule has 2 fully saturated rings. The predicted molar refractivity (Wildman–Crippen MR) is 130 cm³/mol. The van der Waals surface area contributed by atoms with E-state index in [4.69, 9.17) is 14.0 Å². The highest BCUT2D eigenvalue weighted by Crippen LogP contribution is 2.36. The Labute approximate surface area is 202 Å². The molecule has 2 aliphatic heterocycles. The number of nitrogens with one attached hydrogen (secondary N) is 2. The van der Waals surface area contributed by atoms with E-state index in [-0.39, 0.29) is 11.9 Å². The van der Waals surface area contributed by atoms with E-state index in [1.807, 2.05) is 27.7 Å². The van der Waals surface area contributed by atoms with Gasteiger partial charge in [0.1, 0.15) is 11.6 Å². The Bertz CT molecular complexity index is 871. The van der Waals surface area contributed by atoms with E-state index in [9.17, 15) is 9.59 Å². The lowest BCUT2D eigenvalue weighted by Crippen LogP contribution is -2.50. The Morgan fingerprint density at radius 3 is 2.35 bits per heavy atom. The second kappa shape index (κ2) is 9.69. The maximum Gasteiger partial charge on any atom is 0.498 e. The molecule has 3 heterocycles. The largest absolute Gasteiger partial charge is 0.498 e. The Morgan fingerprint density at radius 2 is 1.79 bits per heavy atom. The molecule has 0 spiro atoms. The molecule has 1 aromatic rings. The summed E-state index contributed by atoms with van der Waals surface area (Å²) in [4.78, 5) is 35.6. The van der Waals surface area contributed by atoms with Crippen LogP contribution in [0.25, 0.3) is 0 Å². The van der Waals surface area contributed by atoms with Gasteiger partial charge in [-0.2, -0.15) is 0 Å². The molecule has 34 heavy (non-hydrogen) atoms. The number of rotatable bonds is 6. The molecule has 188 valence electrons. The lowest BCUT2D eigenvalue weighted by Gasteiger charge is -2.32. The van der Waals surface area contributed by atoms with Crippen LogP contribution in [-0.2, 0) is 18.8 Å². The SMILES string of the molecule is C[C@H](NC(=O)OC(C)(C)C)C(=O)N1CCC[C@@H]1CNc1ncc(B2OC(C)(C)C(C)(C)O2)cn1. The monoisotopic (exact) mass is 475 g/mol. The number of carbonyl (C=O) groups is 2. The van der Waals surface area contributed by atoms with Gasteiger partial charge in [-0.05, 0) is 68.2 Å². The first kappa shape index (κ1) is 26.2. The number of alkyl carbamates (subject to hydrolysis) is 1. The van der Waals surface area contributed by atoms with Crippen molar-refractivity contribution in [1.29, 1.82) is 0 Å².